The van der Waals surface area contributed by atoms with E-state index in [1.165, 1.54) is 0 Å². The summed E-state index contributed by atoms with van der Waals surface area (Å²) in [6.45, 7) is 3.08. The molecule has 0 fully saturated rings. The van der Waals surface area contributed by atoms with Crippen LogP contribution in [-0.2, 0) is 4.74 Å². The van der Waals surface area contributed by atoms with Crippen LogP contribution in [0, 0.1) is 0 Å². The van der Waals surface area contributed by atoms with Gasteiger partial charge in [-0.1, -0.05) is 12.8 Å². The Labute approximate surface area is 82.1 Å². The van der Waals surface area contributed by atoms with Gasteiger partial charge in [-0.15, -0.1) is 0 Å². The molecule has 0 amide bonds. The molecular formula is C9H17F3O2. The summed E-state index contributed by atoms with van der Waals surface area (Å²) in [4.78, 5) is 0. The fourth-order valence-corrected chi connectivity index (χ4v) is 1.03. The average Bonchev–Trinajstić information content (AvgIpc) is 2.09. The van der Waals surface area contributed by atoms with E-state index in [0.29, 0.717) is 26.1 Å². The van der Waals surface area contributed by atoms with Crippen molar-refractivity contribution in [3.05, 3.63) is 0 Å². The van der Waals surface area contributed by atoms with Gasteiger partial charge in [0.2, 0.25) is 0 Å². The highest BCUT2D eigenvalue weighted by atomic mass is 19.4. The fourth-order valence-electron chi connectivity index (χ4n) is 1.03. The molecule has 0 saturated heterocycles. The van der Waals surface area contributed by atoms with Crippen LogP contribution in [0.15, 0.2) is 0 Å². The van der Waals surface area contributed by atoms with Gasteiger partial charge in [-0.05, 0) is 19.8 Å². The smallest absolute Gasteiger partial charge is 0.384 e. The molecule has 0 saturated carbocycles. The van der Waals surface area contributed by atoms with Gasteiger partial charge in [0, 0.05) is 13.2 Å². The number of alkyl halides is 3. The monoisotopic (exact) mass is 214 g/mol. The van der Waals surface area contributed by atoms with E-state index in [1.807, 2.05) is 6.92 Å². The van der Waals surface area contributed by atoms with E-state index in [1.54, 1.807) is 0 Å². The summed E-state index contributed by atoms with van der Waals surface area (Å²) >= 11 is 0. The Kier molecular flexibility index (Phi) is 6.92. The van der Waals surface area contributed by atoms with Crippen molar-refractivity contribution >= 4 is 0 Å². The lowest BCUT2D eigenvalue weighted by Gasteiger charge is -2.13. The zero-order valence-corrected chi connectivity index (χ0v) is 8.31. The summed E-state index contributed by atoms with van der Waals surface area (Å²) in [6.07, 6.45) is -5.07. The molecule has 2 nitrogen and oxygen atoms in total. The number of halogens is 3. The minimum atomic E-state index is -4.47. The molecule has 0 rings (SSSR count). The topological polar surface area (TPSA) is 29.5 Å². The molecule has 1 unspecified atom stereocenters. The molecule has 0 radical (unpaired) electrons. The molecule has 1 atom stereocenters. The third-order valence-corrected chi connectivity index (χ3v) is 1.85. The molecule has 14 heavy (non-hydrogen) atoms. The molecule has 0 aliphatic carbocycles. The summed E-state index contributed by atoms with van der Waals surface area (Å²) in [6, 6.07) is 0. The minimum Gasteiger partial charge on any atom is -0.384 e. The van der Waals surface area contributed by atoms with Gasteiger partial charge in [0.05, 0.1) is 0 Å². The maximum Gasteiger partial charge on any atom is 0.414 e. The molecule has 0 aromatic heterocycles. The predicted octanol–water partition coefficient (Wildman–Crippen LogP) is 2.51. The van der Waals surface area contributed by atoms with E-state index in [-0.39, 0.29) is 6.42 Å². The van der Waals surface area contributed by atoms with Gasteiger partial charge in [-0.3, -0.25) is 0 Å². The Morgan fingerprint density at radius 3 is 2.36 bits per heavy atom. The van der Waals surface area contributed by atoms with E-state index in [2.05, 4.69) is 0 Å². The number of hydrogen-bond donors (Lipinski definition) is 1. The first-order valence-corrected chi connectivity index (χ1v) is 4.81. The van der Waals surface area contributed by atoms with Crippen molar-refractivity contribution in [2.75, 3.05) is 13.2 Å². The molecule has 86 valence electrons. The third-order valence-electron chi connectivity index (χ3n) is 1.85. The predicted molar refractivity (Wildman–Crippen MR) is 47.0 cm³/mol. The number of aliphatic hydroxyl groups excluding tert-OH is 1. The molecule has 0 spiro atoms. The van der Waals surface area contributed by atoms with E-state index < -0.39 is 12.3 Å². The molecule has 0 aromatic rings. The van der Waals surface area contributed by atoms with Gasteiger partial charge in [0.25, 0.3) is 0 Å². The standard InChI is InChI=1S/C9H17F3O2/c1-2-14-7-5-3-4-6-8(13)9(10,11)12/h8,13H,2-7H2,1H3. The number of aliphatic hydroxyl groups is 1. The maximum absolute atomic E-state index is 11.8. The molecule has 5 heteroatoms. The van der Waals surface area contributed by atoms with Gasteiger partial charge >= 0.3 is 6.18 Å². The van der Waals surface area contributed by atoms with E-state index in [4.69, 9.17) is 9.84 Å². The third kappa shape index (κ3) is 7.15. The van der Waals surface area contributed by atoms with E-state index >= 15 is 0 Å². The Bertz CT molecular complexity index is 137. The Morgan fingerprint density at radius 2 is 1.86 bits per heavy atom. The van der Waals surface area contributed by atoms with Crippen LogP contribution in [0.2, 0.25) is 0 Å². The van der Waals surface area contributed by atoms with Gasteiger partial charge in [-0.2, -0.15) is 13.2 Å². The zero-order valence-electron chi connectivity index (χ0n) is 8.31. The van der Waals surface area contributed by atoms with Crippen LogP contribution in [0.25, 0.3) is 0 Å². The highest BCUT2D eigenvalue weighted by Crippen LogP contribution is 2.23. The summed E-state index contributed by atoms with van der Waals surface area (Å²) in [5.74, 6) is 0. The lowest BCUT2D eigenvalue weighted by Crippen LogP contribution is -2.28. The lowest BCUT2D eigenvalue weighted by atomic mass is 10.1. The molecule has 0 aliphatic heterocycles. The molecule has 0 aliphatic rings. The van der Waals surface area contributed by atoms with Gasteiger partial charge in [0.1, 0.15) is 6.10 Å². The average molecular weight is 214 g/mol. The van der Waals surface area contributed by atoms with Crippen LogP contribution in [0.3, 0.4) is 0 Å². The van der Waals surface area contributed by atoms with Crippen LogP contribution in [0.4, 0.5) is 13.2 Å². The van der Waals surface area contributed by atoms with Crippen molar-refractivity contribution in [3.63, 3.8) is 0 Å². The van der Waals surface area contributed by atoms with Gasteiger partial charge < -0.3 is 9.84 Å². The van der Waals surface area contributed by atoms with Crippen molar-refractivity contribution in [1.82, 2.24) is 0 Å². The van der Waals surface area contributed by atoms with Crippen LogP contribution >= 0.6 is 0 Å². The van der Waals surface area contributed by atoms with E-state index in [9.17, 15) is 13.2 Å². The SMILES string of the molecule is CCOCCCCCC(O)C(F)(F)F. The molecule has 0 aromatic carbocycles. The second-order valence-electron chi connectivity index (χ2n) is 3.10. The van der Waals surface area contributed by atoms with Crippen molar-refractivity contribution in [1.29, 1.82) is 0 Å². The van der Waals surface area contributed by atoms with Crippen LogP contribution < -0.4 is 0 Å². The summed E-state index contributed by atoms with van der Waals surface area (Å²) < 4.78 is 40.4. The molecule has 0 bridgehead atoms. The second-order valence-corrected chi connectivity index (χ2v) is 3.10. The minimum absolute atomic E-state index is 0.213. The van der Waals surface area contributed by atoms with Crippen molar-refractivity contribution in [3.8, 4) is 0 Å². The second kappa shape index (κ2) is 7.06. The summed E-state index contributed by atoms with van der Waals surface area (Å²) in [5, 5.41) is 8.63. The first-order valence-electron chi connectivity index (χ1n) is 4.81. The lowest BCUT2D eigenvalue weighted by molar-refractivity contribution is -0.205. The van der Waals surface area contributed by atoms with Crippen LogP contribution in [-0.4, -0.2) is 30.6 Å². The Balaban J connectivity index is 3.28. The van der Waals surface area contributed by atoms with Crippen LogP contribution in [0.1, 0.15) is 32.6 Å². The van der Waals surface area contributed by atoms with Gasteiger partial charge in [0.15, 0.2) is 0 Å². The number of hydrogen-bond acceptors (Lipinski definition) is 2. The largest absolute Gasteiger partial charge is 0.414 e. The zero-order chi connectivity index (χ0) is 11.0. The quantitative estimate of drug-likeness (QED) is 0.660. The Hall–Kier alpha value is -0.290. The molecule has 1 N–H and O–H groups in total. The van der Waals surface area contributed by atoms with E-state index in [0.717, 1.165) is 6.42 Å². The molecular weight excluding hydrogens is 197 g/mol. The van der Waals surface area contributed by atoms with Crippen LogP contribution in [0.5, 0.6) is 0 Å². The summed E-state index contributed by atoms with van der Waals surface area (Å²) in [5.41, 5.74) is 0. The van der Waals surface area contributed by atoms with Gasteiger partial charge in [-0.25, -0.2) is 0 Å². The van der Waals surface area contributed by atoms with Crippen molar-refractivity contribution in [2.45, 2.75) is 44.9 Å². The normalized spacial score (nSPS) is 14.4. The van der Waals surface area contributed by atoms with Crippen molar-refractivity contribution in [2.24, 2.45) is 0 Å². The highest BCUT2D eigenvalue weighted by Gasteiger charge is 2.37. The Morgan fingerprint density at radius 1 is 1.21 bits per heavy atom. The first-order chi connectivity index (χ1) is 6.48. The number of unbranched alkanes of at least 4 members (excludes halogenated alkanes) is 2. The number of ether oxygens (including phenoxy) is 1. The fraction of sp³-hybridized carbons (Fsp3) is 1.00. The first kappa shape index (κ1) is 13.7. The number of rotatable bonds is 7. The summed E-state index contributed by atoms with van der Waals surface area (Å²) in [7, 11) is 0. The maximum atomic E-state index is 11.8. The highest BCUT2D eigenvalue weighted by molar-refractivity contribution is 4.64. The van der Waals surface area contributed by atoms with Crippen molar-refractivity contribution < 1.29 is 23.0 Å². The molecule has 0 heterocycles.